The number of hydrogen-bond acceptors (Lipinski definition) is 5. The standard InChI is InChI=1S/C7H10N4O4S/c1-16(14,15)9-3-7(4-9)10-5-6(2-8-10)11(12)13/h2,5,7H,3-4H2,1H3. The van der Waals surface area contributed by atoms with Crippen LogP contribution in [0.1, 0.15) is 6.04 Å². The second-order valence-corrected chi connectivity index (χ2v) is 5.65. The molecule has 0 bridgehead atoms. The third-order valence-electron chi connectivity index (χ3n) is 2.47. The predicted molar refractivity (Wildman–Crippen MR) is 54.3 cm³/mol. The molecule has 0 amide bonds. The Labute approximate surface area is 91.7 Å². The average molecular weight is 246 g/mol. The quantitative estimate of drug-likeness (QED) is 0.534. The van der Waals surface area contributed by atoms with Gasteiger partial charge >= 0.3 is 5.69 Å². The summed E-state index contributed by atoms with van der Waals surface area (Å²) >= 11 is 0. The number of nitrogens with zero attached hydrogens (tertiary/aromatic N) is 4. The molecule has 0 N–H and O–H groups in total. The molecule has 1 aromatic heterocycles. The van der Waals surface area contributed by atoms with Crippen molar-refractivity contribution in [2.75, 3.05) is 19.3 Å². The van der Waals surface area contributed by atoms with Gasteiger partial charge in [-0.3, -0.25) is 14.8 Å². The minimum absolute atomic E-state index is 0.0854. The van der Waals surface area contributed by atoms with E-state index in [9.17, 15) is 18.5 Å². The van der Waals surface area contributed by atoms with E-state index in [2.05, 4.69) is 5.10 Å². The molecule has 2 heterocycles. The molecule has 88 valence electrons. The van der Waals surface area contributed by atoms with Crippen molar-refractivity contribution in [3.05, 3.63) is 22.5 Å². The van der Waals surface area contributed by atoms with Crippen molar-refractivity contribution in [2.24, 2.45) is 0 Å². The van der Waals surface area contributed by atoms with Crippen molar-refractivity contribution in [3.63, 3.8) is 0 Å². The summed E-state index contributed by atoms with van der Waals surface area (Å²) in [5.74, 6) is 0. The summed E-state index contributed by atoms with van der Waals surface area (Å²) in [5.41, 5.74) is -0.0854. The maximum atomic E-state index is 11.1. The summed E-state index contributed by atoms with van der Waals surface area (Å²) in [6.07, 6.45) is 3.60. The van der Waals surface area contributed by atoms with Gasteiger partial charge in [-0.15, -0.1) is 0 Å². The van der Waals surface area contributed by atoms with Crippen LogP contribution in [-0.4, -0.2) is 46.8 Å². The molecule has 0 unspecified atom stereocenters. The maximum Gasteiger partial charge on any atom is 0.307 e. The fourth-order valence-electron chi connectivity index (χ4n) is 1.48. The second kappa shape index (κ2) is 3.52. The normalized spacial score (nSPS) is 18.3. The van der Waals surface area contributed by atoms with Crippen molar-refractivity contribution in [1.82, 2.24) is 14.1 Å². The lowest BCUT2D eigenvalue weighted by Gasteiger charge is -2.36. The van der Waals surface area contributed by atoms with Gasteiger partial charge in [-0.1, -0.05) is 0 Å². The zero-order valence-electron chi connectivity index (χ0n) is 8.48. The number of sulfonamides is 1. The Hall–Kier alpha value is -1.48. The molecule has 9 heteroatoms. The maximum absolute atomic E-state index is 11.1. The molecule has 2 rings (SSSR count). The minimum atomic E-state index is -3.16. The van der Waals surface area contributed by atoms with Crippen LogP contribution in [0.5, 0.6) is 0 Å². The van der Waals surface area contributed by atoms with E-state index < -0.39 is 14.9 Å². The summed E-state index contributed by atoms with van der Waals surface area (Å²) in [6.45, 7) is 0.634. The van der Waals surface area contributed by atoms with Gasteiger partial charge in [0.25, 0.3) is 0 Å². The highest BCUT2D eigenvalue weighted by Crippen LogP contribution is 2.24. The Morgan fingerprint density at radius 3 is 2.62 bits per heavy atom. The highest BCUT2D eigenvalue weighted by atomic mass is 32.2. The molecular weight excluding hydrogens is 236 g/mol. The molecule has 0 aromatic carbocycles. The van der Waals surface area contributed by atoms with Crippen LogP contribution in [0.15, 0.2) is 12.4 Å². The van der Waals surface area contributed by atoms with E-state index in [0.717, 1.165) is 12.5 Å². The zero-order valence-corrected chi connectivity index (χ0v) is 9.29. The SMILES string of the molecule is CS(=O)(=O)N1CC(n2cc([N+](=O)[O-])cn2)C1. The van der Waals surface area contributed by atoms with Crippen LogP contribution in [0.2, 0.25) is 0 Å². The highest BCUT2D eigenvalue weighted by molar-refractivity contribution is 7.88. The lowest BCUT2D eigenvalue weighted by molar-refractivity contribution is -0.385. The van der Waals surface area contributed by atoms with Gasteiger partial charge < -0.3 is 0 Å². The molecule has 1 aromatic rings. The van der Waals surface area contributed by atoms with Crippen LogP contribution in [0.3, 0.4) is 0 Å². The van der Waals surface area contributed by atoms with E-state index in [-0.39, 0.29) is 11.7 Å². The Bertz CT molecular complexity index is 516. The van der Waals surface area contributed by atoms with E-state index in [4.69, 9.17) is 0 Å². The summed E-state index contributed by atoms with van der Waals surface area (Å²) in [7, 11) is -3.16. The van der Waals surface area contributed by atoms with Crippen LogP contribution < -0.4 is 0 Å². The van der Waals surface area contributed by atoms with Gasteiger partial charge in [-0.25, -0.2) is 8.42 Å². The first kappa shape index (κ1) is 11.0. The van der Waals surface area contributed by atoms with Crippen LogP contribution >= 0.6 is 0 Å². The average Bonchev–Trinajstić information content (AvgIpc) is 2.46. The molecular formula is C7H10N4O4S. The Kier molecular flexibility index (Phi) is 2.43. The van der Waals surface area contributed by atoms with Gasteiger partial charge in [-0.2, -0.15) is 9.40 Å². The van der Waals surface area contributed by atoms with Crippen LogP contribution in [0.25, 0.3) is 0 Å². The van der Waals surface area contributed by atoms with Crippen molar-refractivity contribution in [1.29, 1.82) is 0 Å². The van der Waals surface area contributed by atoms with E-state index in [1.54, 1.807) is 0 Å². The molecule has 16 heavy (non-hydrogen) atoms. The topological polar surface area (TPSA) is 98.3 Å². The summed E-state index contributed by atoms with van der Waals surface area (Å²) in [4.78, 5) is 9.88. The molecule has 1 saturated heterocycles. The molecule has 0 spiro atoms. The molecule has 0 atom stereocenters. The first-order valence-electron chi connectivity index (χ1n) is 4.51. The van der Waals surface area contributed by atoms with Crippen molar-refractivity contribution in [2.45, 2.75) is 6.04 Å². The number of rotatable bonds is 3. The van der Waals surface area contributed by atoms with Gasteiger partial charge in [0.05, 0.1) is 17.2 Å². The molecule has 0 aliphatic carbocycles. The number of hydrogen-bond donors (Lipinski definition) is 0. The Morgan fingerprint density at radius 2 is 2.19 bits per heavy atom. The minimum Gasteiger partial charge on any atom is -0.260 e. The van der Waals surface area contributed by atoms with Gasteiger partial charge in [0, 0.05) is 13.1 Å². The second-order valence-electron chi connectivity index (χ2n) is 3.67. The summed E-state index contributed by atoms with van der Waals surface area (Å²) in [6, 6.07) is -0.108. The van der Waals surface area contributed by atoms with Gasteiger partial charge in [-0.05, 0) is 0 Å². The van der Waals surface area contributed by atoms with E-state index >= 15 is 0 Å². The van der Waals surface area contributed by atoms with Gasteiger partial charge in [0.15, 0.2) is 0 Å². The van der Waals surface area contributed by atoms with Gasteiger partial charge in [0.2, 0.25) is 10.0 Å². The molecule has 1 aliphatic heterocycles. The number of nitro groups is 1. The smallest absolute Gasteiger partial charge is 0.260 e. The summed E-state index contributed by atoms with van der Waals surface area (Å²) < 4.78 is 24.9. The molecule has 0 radical (unpaired) electrons. The number of aromatic nitrogens is 2. The molecule has 1 aliphatic rings. The predicted octanol–water partition coefficient (Wildman–Crippen LogP) is -0.392. The van der Waals surface area contributed by atoms with Crippen molar-refractivity contribution in [3.8, 4) is 0 Å². The van der Waals surface area contributed by atoms with Crippen LogP contribution in [0, 0.1) is 10.1 Å². The van der Waals surface area contributed by atoms with Crippen molar-refractivity contribution >= 4 is 15.7 Å². The third-order valence-corrected chi connectivity index (χ3v) is 3.71. The largest absolute Gasteiger partial charge is 0.307 e. The molecule has 8 nitrogen and oxygen atoms in total. The molecule has 0 saturated carbocycles. The Morgan fingerprint density at radius 1 is 1.56 bits per heavy atom. The first-order chi connectivity index (χ1) is 7.38. The van der Waals surface area contributed by atoms with Crippen LogP contribution in [-0.2, 0) is 10.0 Å². The van der Waals surface area contributed by atoms with Gasteiger partial charge in [0.1, 0.15) is 12.4 Å². The summed E-state index contributed by atoms with van der Waals surface area (Å²) in [5, 5.41) is 14.2. The van der Waals surface area contributed by atoms with Crippen molar-refractivity contribution < 1.29 is 13.3 Å². The highest BCUT2D eigenvalue weighted by Gasteiger charge is 2.35. The van der Waals surface area contributed by atoms with E-state index in [1.165, 1.54) is 15.2 Å². The fraction of sp³-hybridized carbons (Fsp3) is 0.571. The first-order valence-corrected chi connectivity index (χ1v) is 6.36. The van der Waals surface area contributed by atoms with E-state index in [1.807, 2.05) is 0 Å². The third kappa shape index (κ3) is 1.91. The fourth-order valence-corrected chi connectivity index (χ4v) is 2.36. The lowest BCUT2D eigenvalue weighted by atomic mass is 10.2. The molecule has 1 fully saturated rings. The van der Waals surface area contributed by atoms with E-state index in [0.29, 0.717) is 13.1 Å². The zero-order chi connectivity index (χ0) is 11.9. The lowest BCUT2D eigenvalue weighted by Crippen LogP contribution is -2.50. The monoisotopic (exact) mass is 246 g/mol. The Balaban J connectivity index is 2.04. The van der Waals surface area contributed by atoms with Crippen LogP contribution in [0.4, 0.5) is 5.69 Å².